The second-order valence-electron chi connectivity index (χ2n) is 2.14. The Morgan fingerprint density at radius 3 is 3.17 bits per heavy atom. The molecule has 0 aliphatic heterocycles. The summed E-state index contributed by atoms with van der Waals surface area (Å²) in [4.78, 5) is 3.85. The Bertz CT molecular complexity index is 308. The summed E-state index contributed by atoms with van der Waals surface area (Å²) in [7, 11) is 0. The van der Waals surface area contributed by atoms with Gasteiger partial charge in [0.25, 0.3) is 0 Å². The number of nitriles is 1. The second-order valence-corrected chi connectivity index (χ2v) is 2.45. The van der Waals surface area contributed by atoms with Gasteiger partial charge in [-0.05, 0) is 0 Å². The average molecular weight is 182 g/mol. The summed E-state index contributed by atoms with van der Waals surface area (Å²) >= 11 is 5.44. The molecule has 0 aliphatic carbocycles. The molecule has 0 bridgehead atoms. The van der Waals surface area contributed by atoms with E-state index in [1.165, 1.54) is 0 Å². The molecule has 1 aromatic rings. The Hall–Kier alpha value is -1.27. The molecule has 0 amide bonds. The van der Waals surface area contributed by atoms with Crippen molar-refractivity contribution in [3.63, 3.8) is 0 Å². The minimum absolute atomic E-state index is 0.425. The van der Waals surface area contributed by atoms with Crippen molar-refractivity contribution in [1.82, 2.24) is 9.55 Å². The third-order valence-corrected chi connectivity index (χ3v) is 1.55. The molecule has 0 aliphatic rings. The molecule has 4 heteroatoms. The van der Waals surface area contributed by atoms with Crippen LogP contribution in [0.2, 0.25) is 0 Å². The standard InChI is InChI=1S/C8H8ClN3/c9-3-1-2-5-12-6-4-11-8(12)7-10/h1-2,4,6H,3,5H2. The Kier molecular flexibility index (Phi) is 3.36. The van der Waals surface area contributed by atoms with E-state index in [4.69, 9.17) is 16.9 Å². The molecular formula is C8H8ClN3. The lowest BCUT2D eigenvalue weighted by atomic mass is 10.5. The fourth-order valence-electron chi connectivity index (χ4n) is 0.821. The van der Waals surface area contributed by atoms with Gasteiger partial charge in [0, 0.05) is 24.8 Å². The Morgan fingerprint density at radius 2 is 2.50 bits per heavy atom. The number of halogens is 1. The largest absolute Gasteiger partial charge is 0.319 e. The van der Waals surface area contributed by atoms with Gasteiger partial charge >= 0.3 is 0 Å². The first-order chi connectivity index (χ1) is 5.88. The zero-order chi connectivity index (χ0) is 8.81. The number of hydrogen-bond acceptors (Lipinski definition) is 2. The first-order valence-electron chi connectivity index (χ1n) is 3.50. The van der Waals surface area contributed by atoms with Crippen molar-refractivity contribution >= 4 is 11.6 Å². The molecule has 0 saturated carbocycles. The third-order valence-electron chi connectivity index (χ3n) is 1.37. The minimum atomic E-state index is 0.425. The first kappa shape index (κ1) is 8.82. The van der Waals surface area contributed by atoms with Gasteiger partial charge in [-0.2, -0.15) is 5.26 Å². The van der Waals surface area contributed by atoms with Crippen LogP contribution in [0.4, 0.5) is 0 Å². The topological polar surface area (TPSA) is 41.6 Å². The number of aromatic nitrogens is 2. The van der Waals surface area contributed by atoms with Gasteiger partial charge in [0.05, 0.1) is 0 Å². The molecule has 0 aromatic carbocycles. The predicted octanol–water partition coefficient (Wildman–Crippen LogP) is 1.55. The molecule has 0 N–H and O–H groups in total. The quantitative estimate of drug-likeness (QED) is 0.525. The van der Waals surface area contributed by atoms with Gasteiger partial charge in [-0.3, -0.25) is 0 Å². The Labute approximate surface area is 75.9 Å². The maximum atomic E-state index is 8.58. The molecule has 12 heavy (non-hydrogen) atoms. The van der Waals surface area contributed by atoms with Crippen molar-refractivity contribution in [2.24, 2.45) is 0 Å². The van der Waals surface area contributed by atoms with Crippen LogP contribution in [0, 0.1) is 11.3 Å². The van der Waals surface area contributed by atoms with Crippen LogP contribution in [-0.2, 0) is 6.54 Å². The zero-order valence-corrected chi connectivity index (χ0v) is 7.20. The van der Waals surface area contributed by atoms with Crippen LogP contribution in [0.3, 0.4) is 0 Å². The monoisotopic (exact) mass is 181 g/mol. The SMILES string of the molecule is N#Cc1nccn1CC=CCCl. The highest BCUT2D eigenvalue weighted by Gasteiger charge is 1.96. The van der Waals surface area contributed by atoms with Crippen LogP contribution >= 0.6 is 11.6 Å². The molecule has 0 fully saturated rings. The molecule has 0 spiro atoms. The molecule has 62 valence electrons. The maximum absolute atomic E-state index is 8.58. The fraction of sp³-hybridized carbons (Fsp3) is 0.250. The first-order valence-corrected chi connectivity index (χ1v) is 4.04. The molecule has 1 aromatic heterocycles. The van der Waals surface area contributed by atoms with Crippen LogP contribution in [0.15, 0.2) is 24.5 Å². The summed E-state index contributed by atoms with van der Waals surface area (Å²) in [5.74, 6) is 0.922. The number of nitrogens with zero attached hydrogens (tertiary/aromatic N) is 3. The summed E-state index contributed by atoms with van der Waals surface area (Å²) in [6, 6.07) is 1.99. The molecular weight excluding hydrogens is 174 g/mol. The van der Waals surface area contributed by atoms with Crippen LogP contribution in [-0.4, -0.2) is 15.4 Å². The number of rotatable bonds is 3. The predicted molar refractivity (Wildman–Crippen MR) is 46.8 cm³/mol. The zero-order valence-electron chi connectivity index (χ0n) is 6.44. The van der Waals surface area contributed by atoms with Gasteiger partial charge in [0.15, 0.2) is 0 Å². The number of alkyl halides is 1. The fourth-order valence-corrected chi connectivity index (χ4v) is 0.947. The van der Waals surface area contributed by atoms with E-state index in [1.54, 1.807) is 17.0 Å². The van der Waals surface area contributed by atoms with E-state index in [9.17, 15) is 0 Å². The van der Waals surface area contributed by atoms with Crippen LogP contribution in [0.1, 0.15) is 5.82 Å². The van der Waals surface area contributed by atoms with Crippen LogP contribution < -0.4 is 0 Å². The van der Waals surface area contributed by atoms with Crippen LogP contribution in [0.25, 0.3) is 0 Å². The van der Waals surface area contributed by atoms with Gasteiger partial charge in [-0.25, -0.2) is 4.98 Å². The molecule has 3 nitrogen and oxygen atoms in total. The van der Waals surface area contributed by atoms with Crippen molar-refractivity contribution in [2.75, 3.05) is 5.88 Å². The molecule has 1 heterocycles. The smallest absolute Gasteiger partial charge is 0.212 e. The summed E-state index contributed by atoms with van der Waals surface area (Å²) < 4.78 is 1.75. The van der Waals surface area contributed by atoms with E-state index in [1.807, 2.05) is 18.2 Å². The number of allylic oxidation sites excluding steroid dienone is 2. The summed E-state index contributed by atoms with van der Waals surface area (Å²) in [5, 5.41) is 8.58. The average Bonchev–Trinajstić information content (AvgIpc) is 2.52. The highest BCUT2D eigenvalue weighted by molar-refractivity contribution is 6.18. The Morgan fingerprint density at radius 1 is 1.67 bits per heavy atom. The minimum Gasteiger partial charge on any atom is -0.319 e. The highest BCUT2D eigenvalue weighted by atomic mass is 35.5. The molecule has 0 radical (unpaired) electrons. The summed E-state index contributed by atoms with van der Waals surface area (Å²) in [6.45, 7) is 0.648. The highest BCUT2D eigenvalue weighted by Crippen LogP contribution is 1.95. The van der Waals surface area contributed by atoms with Crippen molar-refractivity contribution in [2.45, 2.75) is 6.54 Å². The van der Waals surface area contributed by atoms with E-state index in [0.29, 0.717) is 18.2 Å². The number of imidazole rings is 1. The second kappa shape index (κ2) is 4.58. The molecule has 0 saturated heterocycles. The van der Waals surface area contributed by atoms with Crippen molar-refractivity contribution in [1.29, 1.82) is 5.26 Å². The van der Waals surface area contributed by atoms with Crippen LogP contribution in [0.5, 0.6) is 0 Å². The maximum Gasteiger partial charge on any atom is 0.212 e. The number of hydrogen-bond donors (Lipinski definition) is 0. The van der Waals surface area contributed by atoms with E-state index in [0.717, 1.165) is 0 Å². The molecule has 0 atom stereocenters. The summed E-state index contributed by atoms with van der Waals surface area (Å²) in [6.07, 6.45) is 7.10. The molecule has 1 rings (SSSR count). The lowest BCUT2D eigenvalue weighted by molar-refractivity contribution is 0.803. The van der Waals surface area contributed by atoms with Gasteiger partial charge in [0.1, 0.15) is 6.07 Å². The lowest BCUT2D eigenvalue weighted by Gasteiger charge is -1.95. The van der Waals surface area contributed by atoms with E-state index in [-0.39, 0.29) is 0 Å². The van der Waals surface area contributed by atoms with Crippen molar-refractivity contribution in [3.8, 4) is 6.07 Å². The summed E-state index contributed by atoms with van der Waals surface area (Å²) in [5.41, 5.74) is 0. The van der Waals surface area contributed by atoms with Gasteiger partial charge in [0.2, 0.25) is 5.82 Å². The van der Waals surface area contributed by atoms with Gasteiger partial charge in [-0.15, -0.1) is 11.6 Å². The Balaban J connectivity index is 2.64. The van der Waals surface area contributed by atoms with E-state index >= 15 is 0 Å². The third kappa shape index (κ3) is 2.11. The normalized spacial score (nSPS) is 10.3. The lowest BCUT2D eigenvalue weighted by Crippen LogP contribution is -1.96. The van der Waals surface area contributed by atoms with E-state index < -0.39 is 0 Å². The van der Waals surface area contributed by atoms with Gasteiger partial charge in [-0.1, -0.05) is 12.2 Å². The van der Waals surface area contributed by atoms with Crippen molar-refractivity contribution in [3.05, 3.63) is 30.4 Å². The molecule has 0 unspecified atom stereocenters. The van der Waals surface area contributed by atoms with E-state index in [2.05, 4.69) is 4.98 Å². The van der Waals surface area contributed by atoms with Crippen molar-refractivity contribution < 1.29 is 0 Å². The van der Waals surface area contributed by atoms with Gasteiger partial charge < -0.3 is 4.57 Å².